The summed E-state index contributed by atoms with van der Waals surface area (Å²) in [5, 5.41) is 0. The highest BCUT2D eigenvalue weighted by Gasteiger charge is 2.09. The zero-order chi connectivity index (χ0) is 19.7. The summed E-state index contributed by atoms with van der Waals surface area (Å²) in [5.74, 6) is 1.06. The Morgan fingerprint density at radius 1 is 0.381 bits per heavy atom. The van der Waals surface area contributed by atoms with Gasteiger partial charge in [-0.2, -0.15) is 0 Å². The zero-order valence-corrected chi connectivity index (χ0v) is 19.7. The molecule has 0 unspecified atom stereocenters. The molecule has 0 amide bonds. The normalized spacial score (nSPS) is 8.43. The smallest absolute Gasteiger partial charge is 0.0443 e. The van der Waals surface area contributed by atoms with Gasteiger partial charge in [0, 0.05) is 0 Å². The molecule has 0 radical (unpaired) electrons. The third-order valence-electron chi connectivity index (χ3n) is 1.39. The van der Waals surface area contributed by atoms with Crippen molar-refractivity contribution in [3.8, 4) is 0 Å². The van der Waals surface area contributed by atoms with Crippen LogP contribution in [0, 0.1) is 5.92 Å². The van der Waals surface area contributed by atoms with Crippen LogP contribution in [0.3, 0.4) is 0 Å². The maximum absolute atomic E-state index is 2.31. The van der Waals surface area contributed by atoms with Gasteiger partial charge in [0.2, 0.25) is 0 Å². The van der Waals surface area contributed by atoms with Gasteiger partial charge in [0.05, 0.1) is 0 Å². The van der Waals surface area contributed by atoms with Gasteiger partial charge in [-0.25, -0.2) is 0 Å². The first-order valence-corrected chi connectivity index (χ1v) is 10.4. The zero-order valence-electron chi connectivity index (χ0n) is 19.7. The molecule has 0 aromatic carbocycles. The van der Waals surface area contributed by atoms with Gasteiger partial charge in [-0.05, 0) is 5.92 Å². The third kappa shape index (κ3) is 180. The van der Waals surface area contributed by atoms with Crippen LogP contribution in [0.4, 0.5) is 0 Å². The van der Waals surface area contributed by atoms with E-state index in [1.54, 1.807) is 0 Å². The highest BCUT2D eigenvalue weighted by molar-refractivity contribution is 4.62. The predicted molar refractivity (Wildman–Crippen MR) is 114 cm³/mol. The van der Waals surface area contributed by atoms with Crippen molar-refractivity contribution in [2.45, 2.75) is 137 Å². The Labute approximate surface area is 143 Å². The Bertz CT molecular complexity index is 27.0. The average molecular weight is 311 g/mol. The van der Waals surface area contributed by atoms with Crippen molar-refractivity contribution in [2.24, 2.45) is 5.92 Å². The molecule has 1 fully saturated rings. The van der Waals surface area contributed by atoms with Gasteiger partial charge in [-0.3, -0.25) is 0 Å². The molecule has 0 aromatic heterocycles. The van der Waals surface area contributed by atoms with Crippen LogP contribution >= 0.6 is 0 Å². The summed E-state index contributed by atoms with van der Waals surface area (Å²) in [6.45, 7) is 34.3. The molecule has 1 aliphatic carbocycles. The van der Waals surface area contributed by atoms with E-state index in [1.807, 2.05) is 111 Å². The molecule has 21 heavy (non-hydrogen) atoms. The maximum Gasteiger partial charge on any atom is -0.0443 e. The van der Waals surface area contributed by atoms with Crippen LogP contribution in [-0.4, -0.2) is 0 Å². The summed E-state index contributed by atoms with van der Waals surface area (Å²) < 4.78 is 0. The van der Waals surface area contributed by atoms with Crippen molar-refractivity contribution in [1.82, 2.24) is 0 Å². The molecule has 0 nitrogen and oxygen atoms in total. The fourth-order valence-corrected chi connectivity index (χ4v) is 0.612. The van der Waals surface area contributed by atoms with Crippen molar-refractivity contribution in [1.29, 1.82) is 0 Å². The van der Waals surface area contributed by atoms with Gasteiger partial charge in [0.25, 0.3) is 0 Å². The highest BCUT2D eigenvalue weighted by atomic mass is 14.1. The molecule has 142 valence electrons. The Balaban J connectivity index is -0.0000000159. The molecule has 0 saturated heterocycles. The van der Waals surface area contributed by atoms with E-state index in [2.05, 4.69) is 6.92 Å². The Morgan fingerprint density at radius 2 is 0.476 bits per heavy atom. The average Bonchev–Trinajstić information content (AvgIpc) is 2.66. The predicted octanol–water partition coefficient (Wildman–Crippen LogP) is 10.0. The van der Waals surface area contributed by atoms with E-state index in [-0.39, 0.29) is 0 Å². The van der Waals surface area contributed by atoms with E-state index in [1.165, 1.54) is 19.3 Å². The van der Waals surface area contributed by atoms with Crippen LogP contribution in [0.15, 0.2) is 0 Å². The molecular formula is C21H58. The molecule has 0 atom stereocenters. The second-order valence-corrected chi connectivity index (χ2v) is 2.04. The molecule has 1 aliphatic rings. The summed E-state index contributed by atoms with van der Waals surface area (Å²) in [6, 6.07) is 0. The topological polar surface area (TPSA) is 0 Å². The molecular weight excluding hydrogens is 252 g/mol. The number of hydrogen-bond donors (Lipinski definition) is 0. The van der Waals surface area contributed by atoms with Gasteiger partial charge >= 0.3 is 0 Å². The minimum atomic E-state index is 1.06. The van der Waals surface area contributed by atoms with E-state index in [0.29, 0.717) is 0 Å². The quantitative estimate of drug-likeness (QED) is 0.417. The lowest BCUT2D eigenvalue weighted by atomic mass is 9.88. The van der Waals surface area contributed by atoms with E-state index >= 15 is 0 Å². The van der Waals surface area contributed by atoms with Crippen LogP contribution in [0.2, 0.25) is 0 Å². The second kappa shape index (κ2) is 201. The van der Waals surface area contributed by atoms with Crippen molar-refractivity contribution in [3.63, 3.8) is 0 Å². The second-order valence-electron chi connectivity index (χ2n) is 2.04. The van der Waals surface area contributed by atoms with Crippen LogP contribution < -0.4 is 0 Å². The molecule has 0 heterocycles. The van der Waals surface area contributed by atoms with Crippen LogP contribution in [0.25, 0.3) is 0 Å². The summed E-state index contributed by atoms with van der Waals surface area (Å²) in [7, 11) is 0. The van der Waals surface area contributed by atoms with Crippen molar-refractivity contribution in [2.75, 3.05) is 0 Å². The minimum absolute atomic E-state index is 1.06. The van der Waals surface area contributed by atoms with Crippen LogP contribution in [0.5, 0.6) is 0 Å². The lowest BCUT2D eigenvalue weighted by Crippen LogP contribution is -2.04. The summed E-state index contributed by atoms with van der Waals surface area (Å²) in [4.78, 5) is 0. The summed E-state index contributed by atoms with van der Waals surface area (Å²) in [6.07, 6.45) is 4.46. The standard InChI is InChI=1S/C5H10.8C2H6/c1-5-3-2-4-5;8*1-2/h5H,2-4H2,1H3;8*1-2H3. The Hall–Kier alpha value is 0. The molecule has 1 rings (SSSR count). The van der Waals surface area contributed by atoms with Crippen molar-refractivity contribution in [3.05, 3.63) is 0 Å². The summed E-state index contributed by atoms with van der Waals surface area (Å²) in [5.41, 5.74) is 0. The lowest BCUT2D eigenvalue weighted by molar-refractivity contribution is 0.346. The number of rotatable bonds is 0. The molecule has 0 spiro atoms. The fraction of sp³-hybridized carbons (Fsp3) is 1.00. The molecule has 0 N–H and O–H groups in total. The first kappa shape index (κ1) is 49.7. The van der Waals surface area contributed by atoms with Crippen LogP contribution in [-0.2, 0) is 0 Å². The first-order valence-electron chi connectivity index (χ1n) is 10.4. The van der Waals surface area contributed by atoms with E-state index in [0.717, 1.165) is 5.92 Å². The Kier molecular flexibility index (Phi) is 475. The van der Waals surface area contributed by atoms with Crippen LogP contribution in [0.1, 0.15) is 137 Å². The van der Waals surface area contributed by atoms with E-state index in [4.69, 9.17) is 0 Å². The molecule has 0 aromatic rings. The van der Waals surface area contributed by atoms with Gasteiger partial charge in [-0.15, -0.1) is 0 Å². The van der Waals surface area contributed by atoms with Gasteiger partial charge in [0.1, 0.15) is 0 Å². The molecule has 0 bridgehead atoms. The summed E-state index contributed by atoms with van der Waals surface area (Å²) >= 11 is 0. The minimum Gasteiger partial charge on any atom is -0.0683 e. The highest BCUT2D eigenvalue weighted by Crippen LogP contribution is 2.24. The van der Waals surface area contributed by atoms with Gasteiger partial charge < -0.3 is 0 Å². The SMILES string of the molecule is CC.CC.CC.CC.CC.CC.CC.CC.CC1CCC1. The van der Waals surface area contributed by atoms with Crippen molar-refractivity contribution < 1.29 is 0 Å². The number of hydrogen-bond acceptors (Lipinski definition) is 0. The van der Waals surface area contributed by atoms with E-state index < -0.39 is 0 Å². The third-order valence-corrected chi connectivity index (χ3v) is 1.39. The molecule has 0 aliphatic heterocycles. The largest absolute Gasteiger partial charge is 0.0683 e. The lowest BCUT2D eigenvalue weighted by Gasteiger charge is -2.18. The van der Waals surface area contributed by atoms with E-state index in [9.17, 15) is 0 Å². The van der Waals surface area contributed by atoms with Gasteiger partial charge in [0.15, 0.2) is 0 Å². The molecule has 1 saturated carbocycles. The van der Waals surface area contributed by atoms with Gasteiger partial charge in [-0.1, -0.05) is 137 Å². The molecule has 0 heteroatoms. The maximum atomic E-state index is 2.31. The fourth-order valence-electron chi connectivity index (χ4n) is 0.612. The monoisotopic (exact) mass is 310 g/mol. The Morgan fingerprint density at radius 3 is 0.476 bits per heavy atom. The first-order chi connectivity index (χ1) is 10.4. The van der Waals surface area contributed by atoms with Crippen molar-refractivity contribution >= 4 is 0 Å².